The van der Waals surface area contributed by atoms with Gasteiger partial charge in [-0.3, -0.25) is 0 Å². The quantitative estimate of drug-likeness (QED) is 0.879. The van der Waals surface area contributed by atoms with Crippen molar-refractivity contribution in [3.05, 3.63) is 16.5 Å². The summed E-state index contributed by atoms with van der Waals surface area (Å²) in [5.74, 6) is 0. The van der Waals surface area contributed by atoms with Gasteiger partial charge >= 0.3 is 0 Å². The Balaban J connectivity index is 2.03. The van der Waals surface area contributed by atoms with Gasteiger partial charge in [0.15, 0.2) is 0 Å². The number of nitrogens with two attached hydrogens (primary N) is 1. The molecule has 1 fully saturated rings. The molecule has 1 heterocycles. The fraction of sp³-hybridized carbons (Fsp3) is 0.556. The van der Waals surface area contributed by atoms with Gasteiger partial charge in [0.25, 0.3) is 0 Å². The van der Waals surface area contributed by atoms with Crippen LogP contribution in [0.25, 0.3) is 0 Å². The van der Waals surface area contributed by atoms with Gasteiger partial charge in [0.05, 0.1) is 4.34 Å². The first-order valence-corrected chi connectivity index (χ1v) is 7.63. The molecule has 3 N–H and O–H groups in total. The molecule has 0 aliphatic heterocycles. The lowest BCUT2D eigenvalue weighted by molar-refractivity contribution is 0.251. The number of hydrogen-bond donors (Lipinski definition) is 2. The van der Waals surface area contributed by atoms with Crippen LogP contribution in [0.3, 0.4) is 0 Å². The first-order valence-electron chi connectivity index (χ1n) is 4.95. The van der Waals surface area contributed by atoms with E-state index in [1.54, 1.807) is 6.07 Å². The van der Waals surface area contributed by atoms with Gasteiger partial charge in [0.1, 0.15) is 4.21 Å². The molecular weight excluding hydrogens is 268 g/mol. The smallest absolute Gasteiger partial charge is 0.250 e. The van der Waals surface area contributed by atoms with Gasteiger partial charge in [-0.2, -0.15) is 0 Å². The molecule has 16 heavy (non-hydrogen) atoms. The van der Waals surface area contributed by atoms with Crippen molar-refractivity contribution >= 4 is 33.0 Å². The summed E-state index contributed by atoms with van der Waals surface area (Å²) in [6, 6.07) is 3.07. The minimum atomic E-state index is -3.44. The monoisotopic (exact) mass is 280 g/mol. The Morgan fingerprint density at radius 1 is 1.50 bits per heavy atom. The molecule has 0 aromatic carbocycles. The maximum Gasteiger partial charge on any atom is 0.250 e. The summed E-state index contributed by atoms with van der Waals surface area (Å²) >= 11 is 6.74. The first kappa shape index (κ1) is 12.3. The van der Waals surface area contributed by atoms with E-state index in [1.165, 1.54) is 6.07 Å². The molecule has 0 spiro atoms. The standard InChI is InChI=1S/C9H13ClN2O2S2/c10-7-2-3-8(15-7)16(13,14)12-6-9(11)4-1-5-9/h2-3,12H,1,4-6,11H2. The molecular formula is C9H13ClN2O2S2. The van der Waals surface area contributed by atoms with Crippen LogP contribution >= 0.6 is 22.9 Å². The SMILES string of the molecule is NC1(CNS(=O)(=O)c2ccc(Cl)s2)CCC1. The van der Waals surface area contributed by atoms with E-state index in [9.17, 15) is 8.42 Å². The molecule has 4 nitrogen and oxygen atoms in total. The molecule has 1 aliphatic carbocycles. The average Bonchev–Trinajstić information content (AvgIpc) is 2.60. The second kappa shape index (κ2) is 4.27. The maximum atomic E-state index is 11.8. The highest BCUT2D eigenvalue weighted by Crippen LogP contribution is 2.29. The molecule has 1 aromatic heterocycles. The lowest BCUT2D eigenvalue weighted by Gasteiger charge is -2.37. The van der Waals surface area contributed by atoms with E-state index in [2.05, 4.69) is 4.72 Å². The highest BCUT2D eigenvalue weighted by Gasteiger charge is 2.33. The molecule has 0 bridgehead atoms. The van der Waals surface area contributed by atoms with Crippen molar-refractivity contribution in [1.29, 1.82) is 0 Å². The minimum absolute atomic E-state index is 0.237. The third-order valence-corrected chi connectivity index (χ3v) is 5.90. The van der Waals surface area contributed by atoms with Crippen molar-refractivity contribution in [2.24, 2.45) is 5.73 Å². The Labute approximate surface area is 104 Å². The molecule has 1 aliphatic rings. The van der Waals surface area contributed by atoms with Gasteiger partial charge in [0, 0.05) is 12.1 Å². The number of halogens is 1. The number of nitrogens with one attached hydrogen (secondary N) is 1. The second-order valence-corrected chi connectivity index (χ2v) is 7.81. The highest BCUT2D eigenvalue weighted by atomic mass is 35.5. The highest BCUT2D eigenvalue weighted by molar-refractivity contribution is 7.91. The molecule has 0 unspecified atom stereocenters. The zero-order chi connectivity index (χ0) is 11.8. The van der Waals surface area contributed by atoms with E-state index in [0.717, 1.165) is 30.6 Å². The van der Waals surface area contributed by atoms with Gasteiger partial charge < -0.3 is 5.73 Å². The third kappa shape index (κ3) is 2.57. The lowest BCUT2D eigenvalue weighted by atomic mass is 9.78. The number of hydrogen-bond acceptors (Lipinski definition) is 4. The fourth-order valence-corrected chi connectivity index (χ4v) is 4.23. The van der Waals surface area contributed by atoms with Gasteiger partial charge in [-0.15, -0.1) is 11.3 Å². The summed E-state index contributed by atoms with van der Waals surface area (Å²) in [5.41, 5.74) is 5.59. The lowest BCUT2D eigenvalue weighted by Crippen LogP contribution is -2.54. The van der Waals surface area contributed by atoms with Crippen molar-refractivity contribution in [3.63, 3.8) is 0 Å². The van der Waals surface area contributed by atoms with E-state index in [1.807, 2.05) is 0 Å². The summed E-state index contributed by atoms with van der Waals surface area (Å²) < 4.78 is 26.9. The molecule has 1 aromatic rings. The van der Waals surface area contributed by atoms with Crippen LogP contribution in [0.4, 0.5) is 0 Å². The van der Waals surface area contributed by atoms with Crippen LogP contribution in [0.5, 0.6) is 0 Å². The van der Waals surface area contributed by atoms with Gasteiger partial charge in [-0.25, -0.2) is 13.1 Å². The average molecular weight is 281 g/mol. The molecule has 90 valence electrons. The zero-order valence-electron chi connectivity index (χ0n) is 8.57. The van der Waals surface area contributed by atoms with Crippen molar-refractivity contribution < 1.29 is 8.42 Å². The van der Waals surface area contributed by atoms with Crippen LogP contribution in [0, 0.1) is 0 Å². The van der Waals surface area contributed by atoms with Crippen LogP contribution in [0.1, 0.15) is 19.3 Å². The molecule has 2 rings (SSSR count). The van der Waals surface area contributed by atoms with E-state index in [-0.39, 0.29) is 9.75 Å². The Kier molecular flexibility index (Phi) is 3.29. The third-order valence-electron chi connectivity index (χ3n) is 2.78. The zero-order valence-corrected chi connectivity index (χ0v) is 11.0. The Bertz CT molecular complexity index is 479. The Hall–Kier alpha value is -0.140. The molecule has 0 saturated heterocycles. The van der Waals surface area contributed by atoms with Crippen molar-refractivity contribution in [1.82, 2.24) is 4.72 Å². The number of thiophene rings is 1. The van der Waals surface area contributed by atoms with E-state index < -0.39 is 10.0 Å². The second-order valence-electron chi connectivity index (χ2n) is 4.10. The van der Waals surface area contributed by atoms with Crippen LogP contribution in [0.15, 0.2) is 16.3 Å². The molecule has 0 amide bonds. The topological polar surface area (TPSA) is 72.2 Å². The summed E-state index contributed by atoms with van der Waals surface area (Å²) in [5, 5.41) is 0. The Morgan fingerprint density at radius 2 is 2.19 bits per heavy atom. The largest absolute Gasteiger partial charge is 0.324 e. The van der Waals surface area contributed by atoms with Crippen LogP contribution < -0.4 is 10.5 Å². The van der Waals surface area contributed by atoms with Gasteiger partial charge in [0.2, 0.25) is 10.0 Å². The van der Waals surface area contributed by atoms with Crippen molar-refractivity contribution in [2.45, 2.75) is 29.0 Å². The van der Waals surface area contributed by atoms with E-state index in [0.29, 0.717) is 10.9 Å². The predicted octanol–water partition coefficient (Wildman–Crippen LogP) is 1.56. The van der Waals surface area contributed by atoms with Crippen molar-refractivity contribution in [2.75, 3.05) is 6.54 Å². The van der Waals surface area contributed by atoms with Crippen LogP contribution in [0.2, 0.25) is 4.34 Å². The Morgan fingerprint density at radius 3 is 2.62 bits per heavy atom. The summed E-state index contributed by atoms with van der Waals surface area (Å²) in [7, 11) is -3.44. The molecule has 0 radical (unpaired) electrons. The van der Waals surface area contributed by atoms with Crippen LogP contribution in [-0.4, -0.2) is 20.5 Å². The van der Waals surface area contributed by atoms with Crippen molar-refractivity contribution in [3.8, 4) is 0 Å². The molecule has 0 atom stereocenters. The van der Waals surface area contributed by atoms with E-state index in [4.69, 9.17) is 17.3 Å². The molecule has 7 heteroatoms. The van der Waals surface area contributed by atoms with Gasteiger partial charge in [-0.1, -0.05) is 11.6 Å². The number of sulfonamides is 1. The first-order chi connectivity index (χ1) is 7.41. The summed E-state index contributed by atoms with van der Waals surface area (Å²) in [6.07, 6.45) is 2.82. The summed E-state index contributed by atoms with van der Waals surface area (Å²) in [4.78, 5) is 0. The number of rotatable bonds is 4. The maximum absolute atomic E-state index is 11.8. The predicted molar refractivity (Wildman–Crippen MR) is 65.3 cm³/mol. The van der Waals surface area contributed by atoms with Gasteiger partial charge in [-0.05, 0) is 31.4 Å². The summed E-state index contributed by atoms with van der Waals surface area (Å²) in [6.45, 7) is 0.296. The fourth-order valence-electron chi connectivity index (χ4n) is 1.56. The van der Waals surface area contributed by atoms with Crippen LogP contribution in [-0.2, 0) is 10.0 Å². The molecule has 1 saturated carbocycles. The minimum Gasteiger partial charge on any atom is -0.324 e. The normalized spacial score (nSPS) is 19.4. The van der Waals surface area contributed by atoms with E-state index >= 15 is 0 Å².